The van der Waals surface area contributed by atoms with Gasteiger partial charge in [0.05, 0.1) is 23.9 Å². The summed E-state index contributed by atoms with van der Waals surface area (Å²) in [6.07, 6.45) is 6.95. The minimum atomic E-state index is -0.586. The lowest BCUT2D eigenvalue weighted by molar-refractivity contribution is -0.112. The summed E-state index contributed by atoms with van der Waals surface area (Å²) in [5.74, 6) is -1.11. The fraction of sp³-hybridized carbons (Fsp3) is 0.346. The van der Waals surface area contributed by atoms with Crippen LogP contribution >= 0.6 is 0 Å². The molecule has 1 atom stereocenters. The summed E-state index contributed by atoms with van der Waals surface area (Å²) in [7, 11) is 0. The van der Waals surface area contributed by atoms with E-state index in [9.17, 15) is 14.9 Å². The summed E-state index contributed by atoms with van der Waals surface area (Å²) in [5, 5.41) is 15.4. The smallest absolute Gasteiger partial charge is 0.340 e. The number of nitrogens with zero attached hydrogens (tertiary/aromatic N) is 1. The van der Waals surface area contributed by atoms with Crippen LogP contribution in [0.5, 0.6) is 0 Å². The molecule has 0 radical (unpaired) electrons. The van der Waals surface area contributed by atoms with E-state index in [1.165, 1.54) is 30.2 Å². The molecular weight excluding hydrogens is 402 g/mol. The Morgan fingerprint density at radius 2 is 1.88 bits per heavy atom. The molecule has 3 rings (SSSR count). The Hall–Kier alpha value is -3.59. The third-order valence-electron chi connectivity index (χ3n) is 5.65. The molecule has 0 fully saturated rings. The second kappa shape index (κ2) is 11.1. The predicted molar refractivity (Wildman–Crippen MR) is 124 cm³/mol. The average Bonchev–Trinajstić information content (AvgIpc) is 2.82. The summed E-state index contributed by atoms with van der Waals surface area (Å²) in [5.41, 5.74) is 4.44. The van der Waals surface area contributed by atoms with Gasteiger partial charge in [-0.25, -0.2) is 4.79 Å². The van der Waals surface area contributed by atoms with Gasteiger partial charge in [0.15, 0.2) is 0 Å². The third kappa shape index (κ3) is 5.55. The van der Waals surface area contributed by atoms with Crippen molar-refractivity contribution in [2.75, 3.05) is 11.9 Å². The largest absolute Gasteiger partial charge is 0.462 e. The summed E-state index contributed by atoms with van der Waals surface area (Å²) in [4.78, 5) is 24.8. The van der Waals surface area contributed by atoms with E-state index in [0.717, 1.165) is 24.8 Å². The molecule has 1 unspecified atom stereocenters. The number of carbonyl (C=O) groups is 2. The van der Waals surface area contributed by atoms with Gasteiger partial charge in [0.25, 0.3) is 5.91 Å². The molecule has 0 spiro atoms. The number of benzene rings is 2. The lowest BCUT2D eigenvalue weighted by Crippen LogP contribution is -2.21. The number of ether oxygens (including phenoxy) is 1. The zero-order valence-corrected chi connectivity index (χ0v) is 18.6. The first kappa shape index (κ1) is 23.1. The highest BCUT2D eigenvalue weighted by Crippen LogP contribution is 2.26. The van der Waals surface area contributed by atoms with E-state index in [2.05, 4.69) is 35.8 Å². The van der Waals surface area contributed by atoms with Crippen LogP contribution in [-0.2, 0) is 22.4 Å². The number of amides is 1. The van der Waals surface area contributed by atoms with Gasteiger partial charge >= 0.3 is 5.97 Å². The monoisotopic (exact) mass is 431 g/mol. The van der Waals surface area contributed by atoms with Crippen LogP contribution in [0.15, 0.2) is 54.2 Å². The second-order valence-corrected chi connectivity index (χ2v) is 7.75. The molecule has 0 aromatic heterocycles. The van der Waals surface area contributed by atoms with E-state index in [0.29, 0.717) is 5.69 Å². The number of anilines is 1. The summed E-state index contributed by atoms with van der Waals surface area (Å²) >= 11 is 0. The molecule has 166 valence electrons. The molecule has 0 heterocycles. The minimum Gasteiger partial charge on any atom is -0.462 e. The molecule has 2 aromatic rings. The van der Waals surface area contributed by atoms with Crippen molar-refractivity contribution in [2.24, 2.45) is 0 Å². The molecule has 0 saturated heterocycles. The van der Waals surface area contributed by atoms with Crippen molar-refractivity contribution in [1.82, 2.24) is 5.32 Å². The van der Waals surface area contributed by atoms with Crippen LogP contribution in [0, 0.1) is 11.3 Å². The highest BCUT2D eigenvalue weighted by atomic mass is 16.5. The molecular formula is C26H29N3O3. The molecule has 0 bridgehead atoms. The Morgan fingerprint density at radius 1 is 1.12 bits per heavy atom. The maximum atomic E-state index is 12.7. The van der Waals surface area contributed by atoms with Gasteiger partial charge in [-0.3, -0.25) is 4.79 Å². The van der Waals surface area contributed by atoms with Crippen LogP contribution in [0.25, 0.3) is 0 Å². The van der Waals surface area contributed by atoms with Crippen molar-refractivity contribution in [2.45, 2.75) is 52.0 Å². The van der Waals surface area contributed by atoms with Crippen LogP contribution in [0.4, 0.5) is 5.69 Å². The fourth-order valence-electron chi connectivity index (χ4n) is 3.92. The van der Waals surface area contributed by atoms with Crippen molar-refractivity contribution in [3.8, 4) is 6.07 Å². The number of nitriles is 1. The first-order valence-corrected chi connectivity index (χ1v) is 11.1. The third-order valence-corrected chi connectivity index (χ3v) is 5.65. The van der Waals surface area contributed by atoms with Crippen LogP contribution in [0.1, 0.15) is 66.2 Å². The van der Waals surface area contributed by atoms with Crippen LogP contribution in [0.3, 0.4) is 0 Å². The number of aryl methyl sites for hydroxylation is 2. The van der Waals surface area contributed by atoms with Gasteiger partial charge in [0, 0.05) is 6.20 Å². The highest BCUT2D eigenvalue weighted by molar-refractivity contribution is 6.09. The molecule has 1 amide bonds. The fourth-order valence-corrected chi connectivity index (χ4v) is 3.92. The Kier molecular flexibility index (Phi) is 8.04. The number of fused-ring (bicyclic) bond motifs is 1. The van der Waals surface area contributed by atoms with Crippen molar-refractivity contribution in [1.29, 1.82) is 5.26 Å². The first-order valence-electron chi connectivity index (χ1n) is 11.1. The van der Waals surface area contributed by atoms with E-state index >= 15 is 0 Å². The van der Waals surface area contributed by atoms with Crippen LogP contribution in [-0.4, -0.2) is 18.5 Å². The van der Waals surface area contributed by atoms with Gasteiger partial charge in [-0.1, -0.05) is 37.3 Å². The van der Waals surface area contributed by atoms with Gasteiger partial charge in [-0.2, -0.15) is 5.26 Å². The lowest BCUT2D eigenvalue weighted by Gasteiger charge is -2.21. The number of nitrogens with one attached hydrogen (secondary N) is 2. The van der Waals surface area contributed by atoms with E-state index in [-0.39, 0.29) is 23.8 Å². The summed E-state index contributed by atoms with van der Waals surface area (Å²) in [6.45, 7) is 4.01. The number of hydrogen-bond acceptors (Lipinski definition) is 5. The van der Waals surface area contributed by atoms with Crippen molar-refractivity contribution >= 4 is 17.6 Å². The SMILES string of the molecule is CCOC(=O)c1ccccc1NC(=O)/C(C#N)=C\NC(CC)c1ccc2c(c1)CCCC2. The van der Waals surface area contributed by atoms with Crippen LogP contribution < -0.4 is 10.6 Å². The molecule has 0 saturated carbocycles. The zero-order valence-electron chi connectivity index (χ0n) is 18.6. The molecule has 2 N–H and O–H groups in total. The highest BCUT2D eigenvalue weighted by Gasteiger charge is 2.18. The second-order valence-electron chi connectivity index (χ2n) is 7.75. The first-order chi connectivity index (χ1) is 15.6. The zero-order chi connectivity index (χ0) is 22.9. The topological polar surface area (TPSA) is 91.2 Å². The minimum absolute atomic E-state index is 0.00908. The molecule has 2 aromatic carbocycles. The Balaban J connectivity index is 1.74. The van der Waals surface area contributed by atoms with Gasteiger partial charge in [-0.15, -0.1) is 0 Å². The number of para-hydroxylation sites is 1. The molecule has 1 aliphatic rings. The van der Waals surface area contributed by atoms with Gasteiger partial charge in [0.1, 0.15) is 11.6 Å². The standard InChI is InChI=1S/C26H29N3O3/c1-3-23(20-14-13-18-9-5-6-10-19(18)15-20)28-17-21(16-27)25(30)29-24-12-8-7-11-22(24)26(31)32-4-2/h7-8,11-15,17,23,28H,3-6,9-10H2,1-2H3,(H,29,30)/b21-17-. The maximum Gasteiger partial charge on any atom is 0.340 e. The lowest BCUT2D eigenvalue weighted by atomic mass is 9.89. The summed E-state index contributed by atoms with van der Waals surface area (Å²) in [6, 6.07) is 15.1. The Labute approximate surface area is 189 Å². The van der Waals surface area contributed by atoms with E-state index in [1.54, 1.807) is 31.2 Å². The Bertz CT molecular complexity index is 1050. The normalized spacial score (nSPS) is 14.0. The van der Waals surface area contributed by atoms with Crippen molar-refractivity contribution in [3.63, 3.8) is 0 Å². The van der Waals surface area contributed by atoms with Crippen LogP contribution in [0.2, 0.25) is 0 Å². The number of carbonyl (C=O) groups excluding carboxylic acids is 2. The quantitative estimate of drug-likeness (QED) is 0.355. The molecule has 6 nitrogen and oxygen atoms in total. The van der Waals surface area contributed by atoms with E-state index in [1.807, 2.05) is 6.07 Å². The van der Waals surface area contributed by atoms with Crippen molar-refractivity contribution < 1.29 is 14.3 Å². The number of hydrogen-bond donors (Lipinski definition) is 2. The number of esters is 1. The molecule has 32 heavy (non-hydrogen) atoms. The van der Waals surface area contributed by atoms with E-state index in [4.69, 9.17) is 4.74 Å². The molecule has 1 aliphatic carbocycles. The Morgan fingerprint density at radius 3 is 2.59 bits per heavy atom. The van der Waals surface area contributed by atoms with Gasteiger partial charge in [0.2, 0.25) is 0 Å². The maximum absolute atomic E-state index is 12.7. The van der Waals surface area contributed by atoms with Crippen molar-refractivity contribution in [3.05, 3.63) is 76.5 Å². The summed E-state index contributed by atoms with van der Waals surface area (Å²) < 4.78 is 5.04. The molecule has 0 aliphatic heterocycles. The van der Waals surface area contributed by atoms with E-state index < -0.39 is 11.9 Å². The number of rotatable bonds is 8. The molecule has 6 heteroatoms. The predicted octanol–water partition coefficient (Wildman–Crippen LogP) is 4.83. The van der Waals surface area contributed by atoms with Gasteiger partial charge in [-0.05, 0) is 67.9 Å². The average molecular weight is 432 g/mol. The van der Waals surface area contributed by atoms with Gasteiger partial charge < -0.3 is 15.4 Å².